The molecular formula is C25H26N4O2S. The van der Waals surface area contributed by atoms with Crippen molar-refractivity contribution >= 4 is 17.5 Å². The van der Waals surface area contributed by atoms with E-state index in [4.69, 9.17) is 4.74 Å². The molecule has 7 heteroatoms. The smallest absolute Gasteiger partial charge is 0.196 e. The highest BCUT2D eigenvalue weighted by atomic mass is 32.2. The summed E-state index contributed by atoms with van der Waals surface area (Å²) in [4.78, 5) is 13.1. The van der Waals surface area contributed by atoms with Gasteiger partial charge in [0, 0.05) is 23.5 Å². The molecule has 0 saturated carbocycles. The van der Waals surface area contributed by atoms with Gasteiger partial charge in [-0.15, -0.1) is 10.2 Å². The van der Waals surface area contributed by atoms with Crippen LogP contribution in [0.3, 0.4) is 0 Å². The monoisotopic (exact) mass is 446 g/mol. The first-order valence-electron chi connectivity index (χ1n) is 10.5. The third kappa shape index (κ3) is 4.62. The highest BCUT2D eigenvalue weighted by molar-refractivity contribution is 7.99. The number of nitrogens with zero attached hydrogens (tertiary/aromatic N) is 4. The van der Waals surface area contributed by atoms with Gasteiger partial charge < -0.3 is 9.30 Å². The maximum absolute atomic E-state index is 13.1. The number of hydrogen-bond acceptors (Lipinski definition) is 5. The molecule has 0 aliphatic rings. The van der Waals surface area contributed by atoms with Gasteiger partial charge in [-0.25, -0.2) is 0 Å². The molecule has 0 atom stereocenters. The Morgan fingerprint density at radius 3 is 2.59 bits per heavy atom. The summed E-state index contributed by atoms with van der Waals surface area (Å²) >= 11 is 1.38. The molecule has 32 heavy (non-hydrogen) atoms. The minimum Gasteiger partial charge on any atom is -0.495 e. The first-order chi connectivity index (χ1) is 15.6. The first-order valence-corrected chi connectivity index (χ1v) is 11.5. The average Bonchev–Trinajstić information content (AvgIpc) is 3.40. The SMILES string of the molecule is COc1ccccc1-n1cnnc1SCC(=O)c1cc(C)n(CCc2ccccc2)c1C. The number of carbonyl (C=O) groups excluding carboxylic acids is 1. The summed E-state index contributed by atoms with van der Waals surface area (Å²) in [5, 5.41) is 8.89. The molecule has 0 unspecified atom stereocenters. The number of rotatable bonds is 9. The quantitative estimate of drug-likeness (QED) is 0.270. The van der Waals surface area contributed by atoms with Crippen LogP contribution < -0.4 is 4.74 Å². The number of benzene rings is 2. The zero-order chi connectivity index (χ0) is 22.5. The Morgan fingerprint density at radius 2 is 1.81 bits per heavy atom. The molecule has 0 aliphatic carbocycles. The van der Waals surface area contributed by atoms with Crippen LogP contribution in [0.25, 0.3) is 5.69 Å². The predicted octanol–water partition coefficient (Wildman–Crippen LogP) is 4.91. The number of methoxy groups -OCH3 is 1. The molecule has 2 aromatic carbocycles. The fraction of sp³-hybridized carbons (Fsp3) is 0.240. The number of Topliss-reactive ketones (excluding diaryl/α,β-unsaturated/α-hetero) is 1. The van der Waals surface area contributed by atoms with Crippen LogP contribution in [0.4, 0.5) is 0 Å². The lowest BCUT2D eigenvalue weighted by molar-refractivity contribution is 0.102. The van der Waals surface area contributed by atoms with Crippen molar-refractivity contribution < 1.29 is 9.53 Å². The van der Waals surface area contributed by atoms with Gasteiger partial charge in [-0.3, -0.25) is 9.36 Å². The Labute approximate surface area is 192 Å². The van der Waals surface area contributed by atoms with Crippen LogP contribution in [0.1, 0.15) is 27.3 Å². The van der Waals surface area contributed by atoms with Gasteiger partial charge in [-0.05, 0) is 44.0 Å². The van der Waals surface area contributed by atoms with E-state index in [1.807, 2.05) is 47.9 Å². The Kier molecular flexibility index (Phi) is 6.75. The molecule has 0 saturated heterocycles. The molecule has 0 amide bonds. The lowest BCUT2D eigenvalue weighted by Gasteiger charge is -2.11. The molecule has 4 rings (SSSR count). The topological polar surface area (TPSA) is 61.9 Å². The number of hydrogen-bond donors (Lipinski definition) is 0. The number of thioether (sulfide) groups is 1. The van der Waals surface area contributed by atoms with Gasteiger partial charge in [0.25, 0.3) is 0 Å². The summed E-state index contributed by atoms with van der Waals surface area (Å²) in [6.07, 6.45) is 2.57. The molecule has 0 spiro atoms. The van der Waals surface area contributed by atoms with E-state index >= 15 is 0 Å². The van der Waals surface area contributed by atoms with Crippen LogP contribution in [0, 0.1) is 13.8 Å². The molecule has 2 heterocycles. The van der Waals surface area contributed by atoms with Crippen LogP contribution in [-0.2, 0) is 13.0 Å². The summed E-state index contributed by atoms with van der Waals surface area (Å²) in [6.45, 7) is 4.93. The van der Waals surface area contributed by atoms with Gasteiger partial charge >= 0.3 is 0 Å². The zero-order valence-corrected chi connectivity index (χ0v) is 19.3. The van der Waals surface area contributed by atoms with Crippen LogP contribution in [0.5, 0.6) is 5.75 Å². The maximum atomic E-state index is 13.1. The second-order valence-corrected chi connectivity index (χ2v) is 8.48. The van der Waals surface area contributed by atoms with Crippen LogP contribution in [0.15, 0.2) is 72.1 Å². The number of aryl methyl sites for hydroxylation is 2. The number of aromatic nitrogens is 4. The van der Waals surface area contributed by atoms with Crippen molar-refractivity contribution in [1.82, 2.24) is 19.3 Å². The summed E-state index contributed by atoms with van der Waals surface area (Å²) in [5.74, 6) is 1.10. The lowest BCUT2D eigenvalue weighted by atomic mass is 10.1. The highest BCUT2D eigenvalue weighted by Crippen LogP contribution is 2.27. The van der Waals surface area contributed by atoms with Crippen molar-refractivity contribution in [3.8, 4) is 11.4 Å². The molecule has 0 bridgehead atoms. The van der Waals surface area contributed by atoms with E-state index < -0.39 is 0 Å². The highest BCUT2D eigenvalue weighted by Gasteiger charge is 2.18. The van der Waals surface area contributed by atoms with Gasteiger partial charge in [-0.2, -0.15) is 0 Å². The number of para-hydroxylation sites is 2. The van der Waals surface area contributed by atoms with E-state index in [0.717, 1.165) is 41.4 Å². The normalized spacial score (nSPS) is 11.0. The number of carbonyl (C=O) groups is 1. The molecule has 0 aliphatic heterocycles. The average molecular weight is 447 g/mol. The van der Waals surface area contributed by atoms with Gasteiger partial charge in [0.15, 0.2) is 10.9 Å². The van der Waals surface area contributed by atoms with Gasteiger partial charge in [0.1, 0.15) is 12.1 Å². The molecule has 6 nitrogen and oxygen atoms in total. The van der Waals surface area contributed by atoms with Crippen molar-refractivity contribution in [1.29, 1.82) is 0 Å². The second kappa shape index (κ2) is 9.87. The van der Waals surface area contributed by atoms with Crippen molar-refractivity contribution in [3.63, 3.8) is 0 Å². The molecule has 0 fully saturated rings. The van der Waals surface area contributed by atoms with E-state index in [1.54, 1.807) is 13.4 Å². The Balaban J connectivity index is 1.46. The zero-order valence-electron chi connectivity index (χ0n) is 18.5. The third-order valence-electron chi connectivity index (χ3n) is 5.53. The Morgan fingerprint density at radius 1 is 1.06 bits per heavy atom. The Bertz CT molecular complexity index is 1210. The standard InChI is InChI=1S/C25H26N4O2S/c1-18-15-21(19(2)28(18)14-13-20-9-5-4-6-10-20)23(30)16-32-25-27-26-17-29(25)22-11-7-8-12-24(22)31-3/h4-12,15,17H,13-14,16H2,1-3H3. The fourth-order valence-corrected chi connectivity index (χ4v) is 4.64. The molecule has 0 radical (unpaired) electrons. The molecule has 164 valence electrons. The fourth-order valence-electron chi connectivity index (χ4n) is 3.84. The van der Waals surface area contributed by atoms with E-state index in [2.05, 4.69) is 46.0 Å². The van der Waals surface area contributed by atoms with E-state index in [-0.39, 0.29) is 11.5 Å². The van der Waals surface area contributed by atoms with Crippen molar-refractivity contribution in [2.45, 2.75) is 32.0 Å². The molecule has 2 aromatic heterocycles. The summed E-state index contributed by atoms with van der Waals surface area (Å²) in [7, 11) is 1.63. The van der Waals surface area contributed by atoms with E-state index in [0.29, 0.717) is 5.16 Å². The van der Waals surface area contributed by atoms with Crippen molar-refractivity contribution in [2.24, 2.45) is 0 Å². The van der Waals surface area contributed by atoms with Crippen molar-refractivity contribution in [2.75, 3.05) is 12.9 Å². The summed E-state index contributed by atoms with van der Waals surface area (Å²) in [5.41, 5.74) is 5.01. The van der Waals surface area contributed by atoms with Gasteiger partial charge in [0.2, 0.25) is 0 Å². The number of ether oxygens (including phenoxy) is 1. The minimum atomic E-state index is 0.0867. The van der Waals surface area contributed by atoms with Crippen LogP contribution in [-0.4, -0.2) is 38.0 Å². The van der Waals surface area contributed by atoms with Crippen LogP contribution >= 0.6 is 11.8 Å². The molecule has 0 N–H and O–H groups in total. The summed E-state index contributed by atoms with van der Waals surface area (Å²) in [6, 6.07) is 20.1. The molecule has 4 aromatic rings. The minimum absolute atomic E-state index is 0.0867. The van der Waals surface area contributed by atoms with Gasteiger partial charge in [-0.1, -0.05) is 54.2 Å². The van der Waals surface area contributed by atoms with Crippen molar-refractivity contribution in [3.05, 3.63) is 89.5 Å². The third-order valence-corrected chi connectivity index (χ3v) is 6.48. The first kappa shape index (κ1) is 21.9. The largest absolute Gasteiger partial charge is 0.495 e. The molecular weight excluding hydrogens is 420 g/mol. The van der Waals surface area contributed by atoms with Crippen LogP contribution in [0.2, 0.25) is 0 Å². The Hall–Kier alpha value is -3.32. The van der Waals surface area contributed by atoms with E-state index in [1.165, 1.54) is 17.3 Å². The maximum Gasteiger partial charge on any atom is 0.196 e. The second-order valence-electron chi connectivity index (χ2n) is 7.54. The lowest BCUT2D eigenvalue weighted by Crippen LogP contribution is -2.09. The van der Waals surface area contributed by atoms with E-state index in [9.17, 15) is 4.79 Å². The predicted molar refractivity (Wildman–Crippen MR) is 127 cm³/mol. The van der Waals surface area contributed by atoms with Gasteiger partial charge in [0.05, 0.1) is 18.6 Å². The summed E-state index contributed by atoms with van der Waals surface area (Å²) < 4.78 is 9.52. The number of ketones is 1.